The molecule has 0 aliphatic carbocycles. The molecule has 1 atom stereocenters. The van der Waals surface area contributed by atoms with Crippen molar-refractivity contribution in [2.75, 3.05) is 19.7 Å². The van der Waals surface area contributed by atoms with Crippen LogP contribution >= 0.6 is 0 Å². The molecule has 0 radical (unpaired) electrons. The molecule has 1 amide bonds. The minimum absolute atomic E-state index is 0.0755. The van der Waals surface area contributed by atoms with Gasteiger partial charge in [-0.05, 0) is 25.8 Å². The van der Waals surface area contributed by atoms with Crippen molar-refractivity contribution in [1.82, 2.24) is 24.6 Å². The van der Waals surface area contributed by atoms with Crippen LogP contribution in [0.4, 0.5) is 0 Å². The van der Waals surface area contributed by atoms with E-state index in [-0.39, 0.29) is 11.5 Å². The SMILES string of the molecule is Cc1cc(=O)[nH]c(C2CN(C(=O)CCc3cnn(C)c3C)CCO2)n1. The topological polar surface area (TPSA) is 93.1 Å². The van der Waals surface area contributed by atoms with Crippen LogP contribution < -0.4 is 5.56 Å². The number of hydrogen-bond acceptors (Lipinski definition) is 5. The lowest BCUT2D eigenvalue weighted by atomic mass is 10.1. The van der Waals surface area contributed by atoms with Gasteiger partial charge < -0.3 is 14.6 Å². The molecule has 3 rings (SSSR count). The van der Waals surface area contributed by atoms with Crippen molar-refractivity contribution in [1.29, 1.82) is 0 Å². The van der Waals surface area contributed by atoms with Gasteiger partial charge in [-0.2, -0.15) is 5.10 Å². The summed E-state index contributed by atoms with van der Waals surface area (Å²) in [6, 6.07) is 1.44. The second-order valence-electron chi connectivity index (χ2n) is 6.35. The van der Waals surface area contributed by atoms with Gasteiger partial charge in [0, 0.05) is 37.5 Å². The maximum Gasteiger partial charge on any atom is 0.251 e. The Morgan fingerprint density at radius 3 is 2.92 bits per heavy atom. The fourth-order valence-corrected chi connectivity index (χ4v) is 2.99. The monoisotopic (exact) mass is 345 g/mol. The van der Waals surface area contributed by atoms with Gasteiger partial charge in [0.05, 0.1) is 19.3 Å². The lowest BCUT2D eigenvalue weighted by molar-refractivity contribution is -0.139. The lowest BCUT2D eigenvalue weighted by Gasteiger charge is -2.32. The molecule has 8 nitrogen and oxygen atoms in total. The molecule has 1 unspecified atom stereocenters. The molecule has 2 aromatic heterocycles. The standard InChI is InChI=1S/C17H23N5O3/c1-11-8-15(23)20-17(19-11)14-10-22(6-7-25-14)16(24)5-4-13-9-18-21(3)12(13)2/h8-9,14H,4-7,10H2,1-3H3,(H,19,20,23). The number of carbonyl (C=O) groups is 1. The highest BCUT2D eigenvalue weighted by Gasteiger charge is 2.27. The van der Waals surface area contributed by atoms with Crippen LogP contribution in [0.5, 0.6) is 0 Å². The summed E-state index contributed by atoms with van der Waals surface area (Å²) in [5.41, 5.74) is 2.60. The summed E-state index contributed by atoms with van der Waals surface area (Å²) < 4.78 is 7.51. The molecule has 1 saturated heterocycles. The summed E-state index contributed by atoms with van der Waals surface area (Å²) in [5.74, 6) is 0.553. The van der Waals surface area contributed by atoms with E-state index in [1.807, 2.05) is 24.9 Å². The molecule has 8 heteroatoms. The van der Waals surface area contributed by atoms with Crippen LogP contribution in [0.15, 0.2) is 17.1 Å². The first kappa shape index (κ1) is 17.3. The molecule has 134 valence electrons. The zero-order valence-electron chi connectivity index (χ0n) is 14.8. The van der Waals surface area contributed by atoms with Gasteiger partial charge in [-0.3, -0.25) is 14.3 Å². The van der Waals surface area contributed by atoms with Crippen molar-refractivity contribution >= 4 is 5.91 Å². The number of nitrogens with one attached hydrogen (secondary N) is 1. The van der Waals surface area contributed by atoms with Gasteiger partial charge in [0.2, 0.25) is 5.91 Å². The highest BCUT2D eigenvalue weighted by molar-refractivity contribution is 5.76. The van der Waals surface area contributed by atoms with E-state index in [9.17, 15) is 9.59 Å². The Morgan fingerprint density at radius 2 is 2.24 bits per heavy atom. The predicted molar refractivity (Wildman–Crippen MR) is 91.1 cm³/mol. The van der Waals surface area contributed by atoms with E-state index in [1.54, 1.807) is 11.8 Å². The lowest BCUT2D eigenvalue weighted by Crippen LogP contribution is -2.43. The summed E-state index contributed by atoms with van der Waals surface area (Å²) in [4.78, 5) is 33.0. The highest BCUT2D eigenvalue weighted by Crippen LogP contribution is 2.19. The number of aromatic nitrogens is 4. The Hall–Kier alpha value is -2.48. The minimum Gasteiger partial charge on any atom is -0.367 e. The molecule has 0 spiro atoms. The molecular formula is C17H23N5O3. The van der Waals surface area contributed by atoms with Crippen molar-refractivity contribution < 1.29 is 9.53 Å². The second kappa shape index (κ2) is 7.18. The van der Waals surface area contributed by atoms with Gasteiger partial charge in [-0.25, -0.2) is 4.98 Å². The number of carbonyl (C=O) groups excluding carboxylic acids is 1. The van der Waals surface area contributed by atoms with Gasteiger partial charge in [0.1, 0.15) is 11.9 Å². The normalized spacial score (nSPS) is 17.7. The third kappa shape index (κ3) is 3.96. The van der Waals surface area contributed by atoms with E-state index in [2.05, 4.69) is 15.1 Å². The van der Waals surface area contributed by atoms with E-state index in [0.717, 1.165) is 11.3 Å². The smallest absolute Gasteiger partial charge is 0.251 e. The fourth-order valence-electron chi connectivity index (χ4n) is 2.99. The molecule has 3 heterocycles. The van der Waals surface area contributed by atoms with Crippen LogP contribution in [0.3, 0.4) is 0 Å². The van der Waals surface area contributed by atoms with Crippen molar-refractivity contribution in [3.63, 3.8) is 0 Å². The number of hydrogen-bond donors (Lipinski definition) is 1. The Kier molecular flexibility index (Phi) is 4.98. The molecule has 0 aromatic carbocycles. The molecular weight excluding hydrogens is 322 g/mol. The molecule has 2 aromatic rings. The number of aromatic amines is 1. The van der Waals surface area contributed by atoms with Crippen molar-refractivity contribution in [3.8, 4) is 0 Å². The number of ether oxygens (including phenoxy) is 1. The number of morpholine rings is 1. The molecule has 0 saturated carbocycles. The van der Waals surface area contributed by atoms with Gasteiger partial charge in [-0.15, -0.1) is 0 Å². The van der Waals surface area contributed by atoms with Crippen LogP contribution in [0.25, 0.3) is 0 Å². The molecule has 1 N–H and O–H groups in total. The van der Waals surface area contributed by atoms with E-state index < -0.39 is 6.10 Å². The van der Waals surface area contributed by atoms with Crippen LogP contribution in [0, 0.1) is 13.8 Å². The van der Waals surface area contributed by atoms with Crippen molar-refractivity contribution in [3.05, 3.63) is 45.4 Å². The number of aryl methyl sites for hydroxylation is 3. The maximum absolute atomic E-state index is 12.6. The van der Waals surface area contributed by atoms with Crippen LogP contribution in [0.1, 0.15) is 35.3 Å². The summed E-state index contributed by atoms with van der Waals surface area (Å²) in [5, 5.41) is 4.20. The first-order chi connectivity index (χ1) is 11.9. The predicted octanol–water partition coefficient (Wildman–Crippen LogP) is 0.653. The first-order valence-electron chi connectivity index (χ1n) is 8.38. The van der Waals surface area contributed by atoms with E-state index in [1.165, 1.54) is 6.07 Å². The van der Waals surface area contributed by atoms with Gasteiger partial charge in [0.25, 0.3) is 5.56 Å². The number of amides is 1. The zero-order valence-corrected chi connectivity index (χ0v) is 14.8. The molecule has 1 aliphatic rings. The van der Waals surface area contributed by atoms with E-state index >= 15 is 0 Å². The van der Waals surface area contributed by atoms with Gasteiger partial charge >= 0.3 is 0 Å². The largest absolute Gasteiger partial charge is 0.367 e. The van der Waals surface area contributed by atoms with E-state index in [4.69, 9.17) is 4.74 Å². The Morgan fingerprint density at radius 1 is 1.44 bits per heavy atom. The third-order valence-electron chi connectivity index (χ3n) is 4.56. The van der Waals surface area contributed by atoms with E-state index in [0.29, 0.717) is 44.1 Å². The molecule has 25 heavy (non-hydrogen) atoms. The average Bonchev–Trinajstić information content (AvgIpc) is 2.91. The Balaban J connectivity index is 1.63. The minimum atomic E-state index is -0.398. The van der Waals surface area contributed by atoms with Crippen LogP contribution in [-0.4, -0.2) is 50.3 Å². The summed E-state index contributed by atoms with van der Waals surface area (Å²) >= 11 is 0. The number of H-pyrrole nitrogens is 1. The third-order valence-corrected chi connectivity index (χ3v) is 4.56. The van der Waals surface area contributed by atoms with Gasteiger partial charge in [-0.1, -0.05) is 0 Å². The van der Waals surface area contributed by atoms with Crippen LogP contribution in [-0.2, 0) is 23.0 Å². The number of rotatable bonds is 4. The van der Waals surface area contributed by atoms with Gasteiger partial charge in [0.15, 0.2) is 0 Å². The quantitative estimate of drug-likeness (QED) is 0.878. The van der Waals surface area contributed by atoms with Crippen LogP contribution in [0.2, 0.25) is 0 Å². The molecule has 1 aliphatic heterocycles. The number of nitrogens with zero attached hydrogens (tertiary/aromatic N) is 4. The highest BCUT2D eigenvalue weighted by atomic mass is 16.5. The first-order valence-corrected chi connectivity index (χ1v) is 8.38. The second-order valence-corrected chi connectivity index (χ2v) is 6.35. The summed E-state index contributed by atoms with van der Waals surface area (Å²) in [6.07, 6.45) is 2.51. The fraction of sp³-hybridized carbons (Fsp3) is 0.529. The molecule has 1 fully saturated rings. The average molecular weight is 345 g/mol. The Bertz CT molecular complexity index is 826. The summed E-state index contributed by atoms with van der Waals surface area (Å²) in [7, 11) is 1.89. The molecule has 0 bridgehead atoms. The van der Waals surface area contributed by atoms with Crippen molar-refractivity contribution in [2.24, 2.45) is 7.05 Å². The maximum atomic E-state index is 12.6. The van der Waals surface area contributed by atoms with Crippen molar-refractivity contribution in [2.45, 2.75) is 32.8 Å². The zero-order chi connectivity index (χ0) is 18.0. The summed E-state index contributed by atoms with van der Waals surface area (Å²) in [6.45, 7) is 5.15. The Labute approximate surface area is 145 Å².